The zero-order chi connectivity index (χ0) is 14.3. The molecule has 0 aliphatic carbocycles. The number of benzene rings is 2. The van der Waals surface area contributed by atoms with Crippen LogP contribution >= 0.6 is 11.8 Å². The third-order valence-corrected chi connectivity index (χ3v) is 5.02. The standard InChI is InChI=1S/C16H14F2OS/c1-9-6-7-11(17)14(15(9)18)16(19)13-8-10-4-2-3-5-12(10)20-13/h2-7,13,16,19H,8H2,1H3. The maximum absolute atomic E-state index is 14.1. The van der Waals surface area contributed by atoms with Crippen LogP contribution in [-0.2, 0) is 6.42 Å². The Morgan fingerprint density at radius 2 is 1.95 bits per heavy atom. The number of hydrogen-bond donors (Lipinski definition) is 1. The second-order valence-electron chi connectivity index (χ2n) is 5.00. The zero-order valence-corrected chi connectivity index (χ0v) is 11.8. The Morgan fingerprint density at radius 1 is 1.20 bits per heavy atom. The van der Waals surface area contributed by atoms with Gasteiger partial charge in [0.1, 0.15) is 11.6 Å². The van der Waals surface area contributed by atoms with Gasteiger partial charge in [-0.3, -0.25) is 0 Å². The van der Waals surface area contributed by atoms with Crippen LogP contribution in [0.25, 0.3) is 0 Å². The molecule has 2 aromatic carbocycles. The van der Waals surface area contributed by atoms with Gasteiger partial charge >= 0.3 is 0 Å². The summed E-state index contributed by atoms with van der Waals surface area (Å²) in [7, 11) is 0. The van der Waals surface area contributed by atoms with Gasteiger partial charge in [-0.15, -0.1) is 11.8 Å². The van der Waals surface area contributed by atoms with Crippen molar-refractivity contribution in [2.45, 2.75) is 29.6 Å². The average molecular weight is 292 g/mol. The van der Waals surface area contributed by atoms with Crippen LogP contribution < -0.4 is 0 Å². The smallest absolute Gasteiger partial charge is 0.134 e. The molecule has 20 heavy (non-hydrogen) atoms. The van der Waals surface area contributed by atoms with Crippen LogP contribution in [0.5, 0.6) is 0 Å². The minimum atomic E-state index is -1.15. The first-order valence-electron chi connectivity index (χ1n) is 6.45. The Morgan fingerprint density at radius 3 is 2.70 bits per heavy atom. The fourth-order valence-corrected chi connectivity index (χ4v) is 3.83. The third kappa shape index (κ3) is 2.23. The first-order valence-corrected chi connectivity index (χ1v) is 7.33. The summed E-state index contributed by atoms with van der Waals surface area (Å²) in [6, 6.07) is 10.4. The lowest BCUT2D eigenvalue weighted by molar-refractivity contribution is 0.165. The molecule has 0 amide bonds. The highest BCUT2D eigenvalue weighted by Crippen LogP contribution is 2.43. The molecular formula is C16H14F2OS. The Bertz CT molecular complexity index is 632. The van der Waals surface area contributed by atoms with E-state index in [1.807, 2.05) is 24.3 Å². The Balaban J connectivity index is 1.92. The molecule has 1 aliphatic heterocycles. The maximum atomic E-state index is 14.1. The molecule has 0 spiro atoms. The molecule has 1 heterocycles. The van der Waals surface area contributed by atoms with E-state index in [1.165, 1.54) is 23.9 Å². The van der Waals surface area contributed by atoms with E-state index in [0.717, 1.165) is 10.5 Å². The summed E-state index contributed by atoms with van der Waals surface area (Å²) < 4.78 is 27.9. The normalized spacial score (nSPS) is 18.9. The molecule has 0 radical (unpaired) electrons. The molecule has 0 aromatic heterocycles. The lowest BCUT2D eigenvalue weighted by Crippen LogP contribution is -2.17. The predicted molar refractivity (Wildman–Crippen MR) is 75.8 cm³/mol. The highest BCUT2D eigenvalue weighted by molar-refractivity contribution is 8.00. The van der Waals surface area contributed by atoms with E-state index < -0.39 is 17.7 Å². The van der Waals surface area contributed by atoms with Gasteiger partial charge in [0.2, 0.25) is 0 Å². The van der Waals surface area contributed by atoms with Crippen LogP contribution in [0, 0.1) is 18.6 Å². The van der Waals surface area contributed by atoms with Gasteiger partial charge in [-0.1, -0.05) is 24.3 Å². The molecule has 0 saturated carbocycles. The van der Waals surface area contributed by atoms with Crippen molar-refractivity contribution in [1.29, 1.82) is 0 Å². The van der Waals surface area contributed by atoms with Gasteiger partial charge in [0, 0.05) is 10.1 Å². The van der Waals surface area contributed by atoms with Gasteiger partial charge < -0.3 is 5.11 Å². The molecule has 0 bridgehead atoms. The topological polar surface area (TPSA) is 20.2 Å². The lowest BCUT2D eigenvalue weighted by Gasteiger charge is -2.19. The Hall–Kier alpha value is -1.39. The van der Waals surface area contributed by atoms with E-state index >= 15 is 0 Å². The van der Waals surface area contributed by atoms with E-state index in [9.17, 15) is 13.9 Å². The monoisotopic (exact) mass is 292 g/mol. The SMILES string of the molecule is Cc1ccc(F)c(C(O)C2Cc3ccccc3S2)c1F. The van der Waals surface area contributed by atoms with Crippen LogP contribution in [0.4, 0.5) is 8.78 Å². The molecule has 2 aromatic rings. The number of aliphatic hydroxyl groups is 1. The van der Waals surface area contributed by atoms with Crippen molar-refractivity contribution in [2.75, 3.05) is 0 Å². The van der Waals surface area contributed by atoms with Crippen molar-refractivity contribution in [3.05, 3.63) is 64.7 Å². The minimum Gasteiger partial charge on any atom is -0.387 e. The van der Waals surface area contributed by atoms with Crippen LogP contribution in [0.3, 0.4) is 0 Å². The van der Waals surface area contributed by atoms with E-state index in [0.29, 0.717) is 12.0 Å². The highest BCUT2D eigenvalue weighted by atomic mass is 32.2. The van der Waals surface area contributed by atoms with Crippen molar-refractivity contribution in [1.82, 2.24) is 0 Å². The van der Waals surface area contributed by atoms with Gasteiger partial charge in [0.25, 0.3) is 0 Å². The number of hydrogen-bond acceptors (Lipinski definition) is 2. The number of aryl methyl sites for hydroxylation is 1. The fraction of sp³-hybridized carbons (Fsp3) is 0.250. The zero-order valence-electron chi connectivity index (χ0n) is 10.9. The molecule has 0 saturated heterocycles. The summed E-state index contributed by atoms with van der Waals surface area (Å²) in [5, 5.41) is 10.1. The molecule has 1 N–H and O–H groups in total. The number of aliphatic hydroxyl groups excluding tert-OH is 1. The van der Waals surface area contributed by atoms with E-state index in [4.69, 9.17) is 0 Å². The summed E-state index contributed by atoms with van der Waals surface area (Å²) in [5.74, 6) is -1.33. The third-order valence-electron chi connectivity index (χ3n) is 3.64. The molecule has 1 aliphatic rings. The van der Waals surface area contributed by atoms with Gasteiger partial charge in [-0.25, -0.2) is 8.78 Å². The molecule has 2 unspecified atom stereocenters. The first kappa shape index (κ1) is 13.6. The summed E-state index contributed by atoms with van der Waals surface area (Å²) in [6.45, 7) is 1.57. The lowest BCUT2D eigenvalue weighted by atomic mass is 9.98. The minimum absolute atomic E-state index is 0.213. The first-order chi connectivity index (χ1) is 9.58. The number of rotatable bonds is 2. The summed E-state index contributed by atoms with van der Waals surface area (Å²) >= 11 is 1.48. The van der Waals surface area contributed by atoms with Crippen LogP contribution in [0.2, 0.25) is 0 Å². The second-order valence-corrected chi connectivity index (χ2v) is 6.29. The van der Waals surface area contributed by atoms with Crippen molar-refractivity contribution < 1.29 is 13.9 Å². The van der Waals surface area contributed by atoms with Crippen molar-refractivity contribution in [3.8, 4) is 0 Å². The summed E-state index contributed by atoms with van der Waals surface area (Å²) in [5.41, 5.74) is 1.26. The molecular weight excluding hydrogens is 278 g/mol. The Kier molecular flexibility index (Phi) is 3.52. The van der Waals surface area contributed by atoms with Crippen LogP contribution in [-0.4, -0.2) is 10.4 Å². The molecule has 1 nitrogen and oxygen atoms in total. The predicted octanol–water partition coefficient (Wildman–Crippen LogP) is 4.02. The molecule has 0 fully saturated rings. The number of halogens is 2. The van der Waals surface area contributed by atoms with Crippen molar-refractivity contribution in [3.63, 3.8) is 0 Å². The van der Waals surface area contributed by atoms with Gasteiger partial charge in [-0.05, 0) is 36.6 Å². The fourth-order valence-electron chi connectivity index (χ4n) is 2.52. The van der Waals surface area contributed by atoms with Gasteiger partial charge in [0.05, 0.1) is 11.7 Å². The van der Waals surface area contributed by atoms with Crippen LogP contribution in [0.1, 0.15) is 22.8 Å². The van der Waals surface area contributed by atoms with Crippen molar-refractivity contribution in [2.24, 2.45) is 0 Å². The summed E-state index contributed by atoms with van der Waals surface area (Å²) in [6.07, 6.45) is -0.526. The summed E-state index contributed by atoms with van der Waals surface area (Å²) in [4.78, 5) is 1.07. The maximum Gasteiger partial charge on any atom is 0.134 e. The average Bonchev–Trinajstić information content (AvgIpc) is 2.87. The second kappa shape index (κ2) is 5.19. The molecule has 3 rings (SSSR count). The number of fused-ring (bicyclic) bond motifs is 1. The van der Waals surface area contributed by atoms with E-state index in [2.05, 4.69) is 0 Å². The number of thioether (sulfide) groups is 1. The van der Waals surface area contributed by atoms with Crippen molar-refractivity contribution >= 4 is 11.8 Å². The molecule has 4 heteroatoms. The molecule has 2 atom stereocenters. The van der Waals surface area contributed by atoms with Gasteiger partial charge in [-0.2, -0.15) is 0 Å². The Labute approximate surface area is 120 Å². The van der Waals surface area contributed by atoms with Gasteiger partial charge in [0.15, 0.2) is 0 Å². The van der Waals surface area contributed by atoms with Crippen LogP contribution in [0.15, 0.2) is 41.3 Å². The highest BCUT2D eigenvalue weighted by Gasteiger charge is 2.32. The quantitative estimate of drug-likeness (QED) is 0.902. The molecule has 104 valence electrons. The van der Waals surface area contributed by atoms with E-state index in [-0.39, 0.29) is 10.8 Å². The van der Waals surface area contributed by atoms with E-state index in [1.54, 1.807) is 6.92 Å². The largest absolute Gasteiger partial charge is 0.387 e.